The normalized spacial score (nSPS) is 16.9. The molecule has 2 aromatic carbocycles. The van der Waals surface area contributed by atoms with Gasteiger partial charge in [0.2, 0.25) is 0 Å². The second-order valence-corrected chi connectivity index (χ2v) is 8.78. The number of pyridine rings is 1. The Morgan fingerprint density at radius 2 is 1.95 bits per heavy atom. The van der Waals surface area contributed by atoms with Gasteiger partial charge < -0.3 is 4.40 Å². The predicted molar refractivity (Wildman–Crippen MR) is 101 cm³/mol. The van der Waals surface area contributed by atoms with Crippen molar-refractivity contribution in [2.45, 2.75) is 18.6 Å². The number of para-hydroxylation sites is 1. The topological polar surface area (TPSA) is 4.41 Å². The Morgan fingerprint density at radius 3 is 2.82 bits per heavy atom. The zero-order chi connectivity index (χ0) is 15.1. The standard InChI is InChI=1S/C19H14BrNS/c1-19(2)17-12-5-3-4-11-10-13-14(20)6-7-15(13)21(18(11)12)16(17)8-9-22-19/h3-10H,1-2H3. The second kappa shape index (κ2) is 4.09. The molecule has 3 heteroatoms. The fourth-order valence-electron chi connectivity index (χ4n) is 3.82. The van der Waals surface area contributed by atoms with Crippen LogP contribution in [0.2, 0.25) is 0 Å². The van der Waals surface area contributed by atoms with Gasteiger partial charge in [-0.05, 0) is 48.9 Å². The van der Waals surface area contributed by atoms with E-state index in [-0.39, 0.29) is 4.75 Å². The number of aromatic nitrogens is 1. The minimum atomic E-state index is 0.0978. The molecule has 0 saturated heterocycles. The highest BCUT2D eigenvalue weighted by Crippen LogP contribution is 2.48. The summed E-state index contributed by atoms with van der Waals surface area (Å²) in [5.41, 5.74) is 5.41. The van der Waals surface area contributed by atoms with Gasteiger partial charge in [0, 0.05) is 25.6 Å². The molecule has 0 saturated carbocycles. The highest BCUT2D eigenvalue weighted by Gasteiger charge is 2.31. The lowest BCUT2D eigenvalue weighted by molar-refractivity contribution is 0.788. The maximum absolute atomic E-state index is 3.69. The van der Waals surface area contributed by atoms with Crippen molar-refractivity contribution < 1.29 is 0 Å². The fraction of sp³-hybridized carbons (Fsp3) is 0.158. The summed E-state index contributed by atoms with van der Waals surface area (Å²) >= 11 is 5.59. The molecule has 108 valence electrons. The van der Waals surface area contributed by atoms with Crippen molar-refractivity contribution in [3.63, 3.8) is 0 Å². The molecule has 4 aromatic rings. The van der Waals surface area contributed by atoms with Crippen LogP contribution >= 0.6 is 27.7 Å². The first-order valence-electron chi connectivity index (χ1n) is 7.40. The van der Waals surface area contributed by atoms with E-state index in [1.54, 1.807) is 0 Å². The van der Waals surface area contributed by atoms with Crippen LogP contribution in [0.5, 0.6) is 0 Å². The molecule has 1 nitrogen and oxygen atoms in total. The van der Waals surface area contributed by atoms with Crippen LogP contribution in [0.25, 0.3) is 33.3 Å². The van der Waals surface area contributed by atoms with Gasteiger partial charge >= 0.3 is 0 Å². The molecule has 0 N–H and O–H groups in total. The van der Waals surface area contributed by atoms with Crippen molar-refractivity contribution in [1.82, 2.24) is 4.40 Å². The van der Waals surface area contributed by atoms with Crippen molar-refractivity contribution in [2.24, 2.45) is 0 Å². The first-order chi connectivity index (χ1) is 10.6. The van der Waals surface area contributed by atoms with Crippen LogP contribution in [0.1, 0.15) is 25.1 Å². The monoisotopic (exact) mass is 367 g/mol. The number of fused-ring (bicyclic) bond motifs is 5. The Hall–Kier alpha value is -1.45. The molecule has 0 radical (unpaired) electrons. The molecule has 1 aliphatic rings. The lowest BCUT2D eigenvalue weighted by Crippen LogP contribution is -2.14. The molecule has 0 spiro atoms. The Labute approximate surface area is 141 Å². The van der Waals surface area contributed by atoms with Crippen molar-refractivity contribution in [3.05, 3.63) is 57.5 Å². The van der Waals surface area contributed by atoms with Crippen LogP contribution in [0.4, 0.5) is 0 Å². The third-order valence-electron chi connectivity index (χ3n) is 4.71. The molecule has 0 bridgehead atoms. The maximum atomic E-state index is 3.69. The highest BCUT2D eigenvalue weighted by molar-refractivity contribution is 9.10. The van der Waals surface area contributed by atoms with Gasteiger partial charge in [-0.1, -0.05) is 34.1 Å². The molecular formula is C19H14BrNS. The first-order valence-corrected chi connectivity index (χ1v) is 9.08. The fourth-order valence-corrected chi connectivity index (χ4v) is 5.13. The Morgan fingerprint density at radius 1 is 1.09 bits per heavy atom. The van der Waals surface area contributed by atoms with Crippen molar-refractivity contribution >= 4 is 61.0 Å². The van der Waals surface area contributed by atoms with Gasteiger partial charge in [-0.25, -0.2) is 0 Å². The molecular weight excluding hydrogens is 354 g/mol. The smallest absolute Gasteiger partial charge is 0.0611 e. The summed E-state index contributed by atoms with van der Waals surface area (Å²) in [6.07, 6.45) is 2.27. The van der Waals surface area contributed by atoms with Crippen LogP contribution in [0.15, 0.2) is 46.3 Å². The molecule has 3 heterocycles. The number of hydrogen-bond donors (Lipinski definition) is 0. The number of rotatable bonds is 0. The summed E-state index contributed by atoms with van der Waals surface area (Å²) in [6.45, 7) is 4.64. The van der Waals surface area contributed by atoms with E-state index in [1.165, 1.54) is 42.9 Å². The van der Waals surface area contributed by atoms with Gasteiger partial charge in [0.05, 0.1) is 16.7 Å². The summed E-state index contributed by atoms with van der Waals surface area (Å²) in [5.74, 6) is 0. The zero-order valence-corrected chi connectivity index (χ0v) is 14.8. The van der Waals surface area contributed by atoms with Gasteiger partial charge in [0.1, 0.15) is 0 Å². The SMILES string of the molecule is CC1(C)SC=Cc2c1c1cccc3cc4c(Br)ccc4n2c31. The van der Waals surface area contributed by atoms with Crippen LogP contribution in [0, 0.1) is 0 Å². The van der Waals surface area contributed by atoms with Gasteiger partial charge in [-0.2, -0.15) is 0 Å². The number of halogens is 1. The van der Waals surface area contributed by atoms with Crippen molar-refractivity contribution in [1.29, 1.82) is 0 Å². The molecule has 0 unspecified atom stereocenters. The quantitative estimate of drug-likeness (QED) is 0.348. The molecule has 2 aromatic heterocycles. The zero-order valence-electron chi connectivity index (χ0n) is 12.4. The minimum Gasteiger partial charge on any atom is -0.308 e. The van der Waals surface area contributed by atoms with E-state index in [0.717, 1.165) is 0 Å². The molecule has 0 amide bonds. The Balaban J connectivity index is 2.17. The van der Waals surface area contributed by atoms with Gasteiger partial charge in [-0.15, -0.1) is 11.8 Å². The first kappa shape index (κ1) is 13.0. The molecule has 22 heavy (non-hydrogen) atoms. The van der Waals surface area contributed by atoms with Crippen LogP contribution < -0.4 is 0 Å². The van der Waals surface area contributed by atoms with E-state index >= 15 is 0 Å². The Bertz CT molecular complexity index is 1090. The Kier molecular flexibility index (Phi) is 2.42. The number of hydrogen-bond acceptors (Lipinski definition) is 1. The van der Waals surface area contributed by atoms with E-state index in [2.05, 4.69) is 82.1 Å². The van der Waals surface area contributed by atoms with E-state index < -0.39 is 0 Å². The van der Waals surface area contributed by atoms with Gasteiger partial charge in [0.15, 0.2) is 0 Å². The van der Waals surface area contributed by atoms with Crippen LogP contribution in [-0.2, 0) is 4.75 Å². The molecule has 1 aliphatic heterocycles. The van der Waals surface area contributed by atoms with Crippen LogP contribution in [0.3, 0.4) is 0 Å². The molecule has 0 fully saturated rings. The summed E-state index contributed by atoms with van der Waals surface area (Å²) in [6, 6.07) is 13.3. The molecule has 0 aliphatic carbocycles. The minimum absolute atomic E-state index is 0.0978. The predicted octanol–water partition coefficient (Wildman–Crippen LogP) is 6.40. The number of benzene rings is 1. The van der Waals surface area contributed by atoms with E-state index in [9.17, 15) is 0 Å². The lowest BCUT2D eigenvalue weighted by atomic mass is 9.97. The van der Waals surface area contributed by atoms with Crippen molar-refractivity contribution in [3.8, 4) is 0 Å². The highest BCUT2D eigenvalue weighted by atomic mass is 79.9. The second-order valence-electron chi connectivity index (χ2n) is 6.39. The maximum Gasteiger partial charge on any atom is 0.0611 e. The third kappa shape index (κ3) is 1.46. The van der Waals surface area contributed by atoms with Gasteiger partial charge in [0.25, 0.3) is 0 Å². The lowest BCUT2D eigenvalue weighted by Gasteiger charge is -2.26. The summed E-state index contributed by atoms with van der Waals surface area (Å²) < 4.78 is 3.71. The average Bonchev–Trinajstić information content (AvgIpc) is 3.01. The number of nitrogens with zero attached hydrogens (tertiary/aromatic N) is 1. The van der Waals surface area contributed by atoms with Crippen molar-refractivity contribution in [2.75, 3.05) is 0 Å². The molecule has 5 rings (SSSR count). The summed E-state index contributed by atoms with van der Waals surface area (Å²) in [5, 5.41) is 6.21. The van der Waals surface area contributed by atoms with E-state index in [1.807, 2.05) is 11.8 Å². The number of thioether (sulfide) groups is 1. The van der Waals surface area contributed by atoms with E-state index in [0.29, 0.717) is 0 Å². The third-order valence-corrected chi connectivity index (χ3v) is 6.47. The molecule has 0 atom stereocenters. The summed E-state index contributed by atoms with van der Waals surface area (Å²) in [4.78, 5) is 0. The van der Waals surface area contributed by atoms with Crippen LogP contribution in [-0.4, -0.2) is 4.40 Å². The summed E-state index contributed by atoms with van der Waals surface area (Å²) in [7, 11) is 0. The average molecular weight is 368 g/mol. The van der Waals surface area contributed by atoms with Gasteiger partial charge in [-0.3, -0.25) is 0 Å². The van der Waals surface area contributed by atoms with E-state index in [4.69, 9.17) is 0 Å². The largest absolute Gasteiger partial charge is 0.308 e.